The van der Waals surface area contributed by atoms with Gasteiger partial charge < -0.3 is 4.74 Å². The van der Waals surface area contributed by atoms with Gasteiger partial charge in [0.05, 0.1) is 12.9 Å². The maximum atomic E-state index is 11.1. The Bertz CT molecular complexity index is 478. The number of rotatable bonds is 4. The normalized spacial score (nSPS) is 17.8. The van der Waals surface area contributed by atoms with Crippen molar-refractivity contribution < 1.29 is 13.2 Å². The predicted octanol–water partition coefficient (Wildman–Crippen LogP) is 0.660. The molecule has 5 nitrogen and oxygen atoms in total. The third kappa shape index (κ3) is 3.17. The van der Waals surface area contributed by atoms with Gasteiger partial charge in [-0.25, -0.2) is 17.7 Å². The lowest BCUT2D eigenvalue weighted by Crippen LogP contribution is -2.51. The summed E-state index contributed by atoms with van der Waals surface area (Å²) in [6.07, 6.45) is 2.98. The lowest BCUT2D eigenvalue weighted by Gasteiger charge is -2.36. The van der Waals surface area contributed by atoms with Gasteiger partial charge >= 0.3 is 0 Å². The number of nitrogens with zero attached hydrogens (tertiary/aromatic N) is 2. The van der Waals surface area contributed by atoms with E-state index in [1.54, 1.807) is 6.20 Å². The van der Waals surface area contributed by atoms with Gasteiger partial charge in [-0.2, -0.15) is 0 Å². The number of sulfonamides is 1. The smallest absolute Gasteiger partial charge is 0.213 e. The molecular formula is C11H16N2O3S. The number of pyridine rings is 1. The minimum absolute atomic E-state index is 0.271. The van der Waals surface area contributed by atoms with E-state index in [2.05, 4.69) is 4.98 Å². The summed E-state index contributed by atoms with van der Waals surface area (Å²) in [5.41, 5.74) is 1.09. The Balaban J connectivity index is 1.77. The summed E-state index contributed by atoms with van der Waals surface area (Å²) < 4.78 is 29.2. The molecule has 0 N–H and O–H groups in total. The third-order valence-electron chi connectivity index (χ3n) is 2.74. The fourth-order valence-electron chi connectivity index (χ4n) is 1.64. The van der Waals surface area contributed by atoms with E-state index in [0.29, 0.717) is 25.6 Å². The fraction of sp³-hybridized carbons (Fsp3) is 0.545. The standard InChI is InChI=1S/C11H16N2O3S/c1-9-3-4-11(12-5-9)16-8-10-6-13(7-10)17(2,14)15/h3-5,10H,6-8H2,1-2H3. The number of aryl methyl sites for hydroxylation is 1. The Labute approximate surface area is 101 Å². The van der Waals surface area contributed by atoms with E-state index < -0.39 is 10.0 Å². The average molecular weight is 256 g/mol. The molecule has 1 aromatic heterocycles. The van der Waals surface area contributed by atoms with Crippen molar-refractivity contribution in [3.63, 3.8) is 0 Å². The number of hydrogen-bond donors (Lipinski definition) is 0. The van der Waals surface area contributed by atoms with Crippen molar-refractivity contribution in [3.8, 4) is 5.88 Å². The monoisotopic (exact) mass is 256 g/mol. The van der Waals surface area contributed by atoms with Crippen LogP contribution in [0.3, 0.4) is 0 Å². The fourth-order valence-corrected chi connectivity index (χ4v) is 2.60. The van der Waals surface area contributed by atoms with Crippen LogP contribution in [0.25, 0.3) is 0 Å². The number of hydrogen-bond acceptors (Lipinski definition) is 4. The van der Waals surface area contributed by atoms with E-state index in [1.165, 1.54) is 10.6 Å². The van der Waals surface area contributed by atoms with Gasteiger partial charge in [0.2, 0.25) is 15.9 Å². The topological polar surface area (TPSA) is 59.5 Å². The quantitative estimate of drug-likeness (QED) is 0.794. The molecule has 2 heterocycles. The van der Waals surface area contributed by atoms with Crippen molar-refractivity contribution in [2.45, 2.75) is 6.92 Å². The van der Waals surface area contributed by atoms with Crippen LogP contribution >= 0.6 is 0 Å². The molecule has 0 amide bonds. The third-order valence-corrected chi connectivity index (χ3v) is 3.98. The summed E-state index contributed by atoms with van der Waals surface area (Å²) in [5.74, 6) is 0.862. The van der Waals surface area contributed by atoms with Crippen molar-refractivity contribution in [2.75, 3.05) is 26.0 Å². The van der Waals surface area contributed by atoms with Crippen molar-refractivity contribution in [3.05, 3.63) is 23.9 Å². The minimum atomic E-state index is -3.03. The molecule has 1 saturated heterocycles. The van der Waals surface area contributed by atoms with Crippen LogP contribution in [0.4, 0.5) is 0 Å². The molecule has 1 aliphatic heterocycles. The van der Waals surface area contributed by atoms with Crippen LogP contribution in [0.1, 0.15) is 5.56 Å². The van der Waals surface area contributed by atoms with Crippen LogP contribution in [0.2, 0.25) is 0 Å². The highest BCUT2D eigenvalue weighted by atomic mass is 32.2. The number of ether oxygens (including phenoxy) is 1. The zero-order valence-corrected chi connectivity index (χ0v) is 10.8. The largest absolute Gasteiger partial charge is 0.477 e. The Morgan fingerprint density at radius 3 is 2.71 bits per heavy atom. The second kappa shape index (κ2) is 4.62. The zero-order chi connectivity index (χ0) is 12.5. The van der Waals surface area contributed by atoms with Gasteiger partial charge in [-0.3, -0.25) is 0 Å². The van der Waals surface area contributed by atoms with E-state index in [0.717, 1.165) is 5.56 Å². The Morgan fingerprint density at radius 1 is 1.47 bits per heavy atom. The van der Waals surface area contributed by atoms with Crippen LogP contribution in [-0.2, 0) is 10.0 Å². The van der Waals surface area contributed by atoms with Gasteiger partial charge in [-0.15, -0.1) is 0 Å². The summed E-state index contributed by atoms with van der Waals surface area (Å²) in [6.45, 7) is 3.57. The van der Waals surface area contributed by atoms with Crippen LogP contribution in [0, 0.1) is 12.8 Å². The molecule has 94 valence electrons. The van der Waals surface area contributed by atoms with Gasteiger partial charge in [0, 0.05) is 31.3 Å². The molecule has 17 heavy (non-hydrogen) atoms. The van der Waals surface area contributed by atoms with Crippen molar-refractivity contribution in [1.82, 2.24) is 9.29 Å². The Morgan fingerprint density at radius 2 is 2.18 bits per heavy atom. The molecule has 0 radical (unpaired) electrons. The average Bonchev–Trinajstić information content (AvgIpc) is 2.16. The molecule has 1 fully saturated rings. The van der Waals surface area contributed by atoms with E-state index in [4.69, 9.17) is 4.74 Å². The predicted molar refractivity (Wildman–Crippen MR) is 64.4 cm³/mol. The molecule has 6 heteroatoms. The molecule has 1 aliphatic rings. The molecule has 0 aromatic carbocycles. The molecule has 0 aliphatic carbocycles. The van der Waals surface area contributed by atoms with Gasteiger partial charge in [0.1, 0.15) is 0 Å². The van der Waals surface area contributed by atoms with Crippen LogP contribution in [0.5, 0.6) is 5.88 Å². The molecule has 1 aromatic rings. The van der Waals surface area contributed by atoms with Crippen LogP contribution in [-0.4, -0.2) is 43.7 Å². The SMILES string of the molecule is Cc1ccc(OCC2CN(S(C)(=O)=O)C2)nc1. The summed E-state index contributed by atoms with van der Waals surface area (Å²) >= 11 is 0. The zero-order valence-electron chi connectivity index (χ0n) is 9.96. The summed E-state index contributed by atoms with van der Waals surface area (Å²) in [7, 11) is -3.03. The Hall–Kier alpha value is -1.14. The second-order valence-corrected chi connectivity index (χ2v) is 6.41. The molecule has 0 atom stereocenters. The first kappa shape index (κ1) is 12.3. The van der Waals surface area contributed by atoms with E-state index in [9.17, 15) is 8.42 Å². The first-order chi connectivity index (χ1) is 7.95. The van der Waals surface area contributed by atoms with Gasteiger partial charge in [0.15, 0.2) is 0 Å². The van der Waals surface area contributed by atoms with E-state index in [1.807, 2.05) is 19.1 Å². The minimum Gasteiger partial charge on any atom is -0.477 e. The van der Waals surface area contributed by atoms with Crippen LogP contribution in [0.15, 0.2) is 18.3 Å². The summed E-state index contributed by atoms with van der Waals surface area (Å²) in [6, 6.07) is 3.76. The molecule has 0 unspecified atom stereocenters. The van der Waals surface area contributed by atoms with E-state index >= 15 is 0 Å². The molecule has 0 bridgehead atoms. The molecule has 0 saturated carbocycles. The second-order valence-electron chi connectivity index (χ2n) is 4.43. The van der Waals surface area contributed by atoms with Crippen LogP contribution < -0.4 is 4.74 Å². The highest BCUT2D eigenvalue weighted by molar-refractivity contribution is 7.88. The maximum Gasteiger partial charge on any atom is 0.213 e. The lowest BCUT2D eigenvalue weighted by atomic mass is 10.1. The molecular weight excluding hydrogens is 240 g/mol. The maximum absolute atomic E-state index is 11.1. The summed E-state index contributed by atoms with van der Waals surface area (Å²) in [5, 5.41) is 0. The van der Waals surface area contributed by atoms with E-state index in [-0.39, 0.29) is 5.92 Å². The molecule has 2 rings (SSSR count). The summed E-state index contributed by atoms with van der Waals surface area (Å²) in [4.78, 5) is 4.12. The van der Waals surface area contributed by atoms with Gasteiger partial charge in [-0.05, 0) is 12.5 Å². The van der Waals surface area contributed by atoms with Crippen molar-refractivity contribution in [2.24, 2.45) is 5.92 Å². The number of aromatic nitrogens is 1. The van der Waals surface area contributed by atoms with Gasteiger partial charge in [-0.1, -0.05) is 6.07 Å². The van der Waals surface area contributed by atoms with Crippen molar-refractivity contribution >= 4 is 10.0 Å². The van der Waals surface area contributed by atoms with Gasteiger partial charge in [0.25, 0.3) is 0 Å². The highest BCUT2D eigenvalue weighted by Gasteiger charge is 2.33. The molecule has 0 spiro atoms. The lowest BCUT2D eigenvalue weighted by molar-refractivity contribution is 0.127. The highest BCUT2D eigenvalue weighted by Crippen LogP contribution is 2.19. The van der Waals surface area contributed by atoms with Crippen molar-refractivity contribution in [1.29, 1.82) is 0 Å². The first-order valence-electron chi connectivity index (χ1n) is 5.46. The first-order valence-corrected chi connectivity index (χ1v) is 7.30. The Kier molecular flexibility index (Phi) is 3.35.